The summed E-state index contributed by atoms with van der Waals surface area (Å²) in [6.45, 7) is 3.64. The van der Waals surface area contributed by atoms with E-state index >= 15 is 0 Å². The van der Waals surface area contributed by atoms with Crippen LogP contribution in [0.25, 0.3) is 10.9 Å². The molecular formula is C32H35NO5. The number of carbonyl (C=O) groups is 1. The van der Waals surface area contributed by atoms with Crippen LogP contribution in [0, 0.1) is 0 Å². The van der Waals surface area contributed by atoms with Gasteiger partial charge >= 0.3 is 0 Å². The van der Waals surface area contributed by atoms with Gasteiger partial charge in [-0.2, -0.15) is 0 Å². The number of fused-ring (bicyclic) bond motifs is 1. The Morgan fingerprint density at radius 1 is 0.737 bits per heavy atom. The minimum atomic E-state index is -0.388. The van der Waals surface area contributed by atoms with Crippen LogP contribution in [0.3, 0.4) is 0 Å². The maximum Gasteiger partial charge on any atom is 0.298 e. The number of pyridine rings is 1. The van der Waals surface area contributed by atoms with E-state index in [1.807, 2.05) is 78.9 Å². The highest BCUT2D eigenvalue weighted by Gasteiger charge is 2.21. The monoisotopic (exact) mass is 513 g/mol. The Hall–Kier alpha value is -4.06. The summed E-state index contributed by atoms with van der Waals surface area (Å²) in [6.07, 6.45) is 6.59. The highest BCUT2D eigenvalue weighted by molar-refractivity contribution is 5.89. The summed E-state index contributed by atoms with van der Waals surface area (Å²) < 4.78 is 19.1. The van der Waals surface area contributed by atoms with Gasteiger partial charge in [0.1, 0.15) is 19.0 Å². The number of ether oxygens (including phenoxy) is 3. The lowest BCUT2D eigenvalue weighted by Crippen LogP contribution is -2.23. The molecule has 3 aromatic carbocycles. The molecule has 0 N–H and O–H groups in total. The standard InChI is InChI=1S/C32H35NO5/c1-2-3-4-5-6-13-20-33-29-21-27(36-22-25-14-9-7-10-15-25)18-19-28(29)30(31(32(33)35)38-24-34)37-23-26-16-11-8-12-17-26/h7-12,14-19,21,24H,2-6,13,20,22-23H2,1H3. The normalized spacial score (nSPS) is 10.9. The minimum Gasteiger partial charge on any atom is -0.489 e. The maximum absolute atomic E-state index is 13.6. The molecule has 4 aromatic rings. The summed E-state index contributed by atoms with van der Waals surface area (Å²) in [4.78, 5) is 25.0. The van der Waals surface area contributed by atoms with Crippen LogP contribution >= 0.6 is 0 Å². The molecule has 0 spiro atoms. The van der Waals surface area contributed by atoms with E-state index in [1.54, 1.807) is 4.57 Å². The molecule has 1 heterocycles. The van der Waals surface area contributed by atoms with Gasteiger partial charge in [-0.15, -0.1) is 0 Å². The molecule has 0 fully saturated rings. The molecule has 0 radical (unpaired) electrons. The summed E-state index contributed by atoms with van der Waals surface area (Å²) in [5.74, 6) is 0.817. The van der Waals surface area contributed by atoms with Gasteiger partial charge in [0.25, 0.3) is 12.0 Å². The molecule has 0 saturated heterocycles. The number of hydrogen-bond acceptors (Lipinski definition) is 5. The van der Waals surface area contributed by atoms with E-state index in [2.05, 4.69) is 6.92 Å². The first-order valence-corrected chi connectivity index (χ1v) is 13.4. The Kier molecular flexibility index (Phi) is 9.96. The van der Waals surface area contributed by atoms with Crippen LogP contribution in [0.4, 0.5) is 0 Å². The van der Waals surface area contributed by atoms with E-state index < -0.39 is 0 Å². The first kappa shape index (κ1) is 27.0. The number of carbonyl (C=O) groups excluding carboxylic acids is 1. The van der Waals surface area contributed by atoms with Crippen molar-refractivity contribution < 1.29 is 19.0 Å². The average Bonchev–Trinajstić information content (AvgIpc) is 2.96. The molecule has 6 heteroatoms. The molecule has 0 aliphatic heterocycles. The second-order valence-corrected chi connectivity index (χ2v) is 9.32. The van der Waals surface area contributed by atoms with Crippen LogP contribution in [0.1, 0.15) is 56.6 Å². The van der Waals surface area contributed by atoms with Gasteiger partial charge in [0.05, 0.1) is 5.52 Å². The van der Waals surface area contributed by atoms with Crippen LogP contribution in [-0.2, 0) is 24.6 Å². The van der Waals surface area contributed by atoms with Crippen molar-refractivity contribution in [3.05, 3.63) is 100 Å². The Bertz CT molecular complexity index is 1370. The molecule has 0 atom stereocenters. The minimum absolute atomic E-state index is 0.0904. The summed E-state index contributed by atoms with van der Waals surface area (Å²) in [5.41, 5.74) is 2.30. The number of aromatic nitrogens is 1. The Morgan fingerprint density at radius 2 is 1.37 bits per heavy atom. The van der Waals surface area contributed by atoms with Gasteiger partial charge in [-0.1, -0.05) is 99.7 Å². The molecule has 0 unspecified atom stereocenters. The number of aryl methyl sites for hydroxylation is 1. The molecular weight excluding hydrogens is 478 g/mol. The summed E-state index contributed by atoms with van der Waals surface area (Å²) in [5, 5.41) is 0.690. The van der Waals surface area contributed by atoms with E-state index in [0.717, 1.165) is 30.4 Å². The number of unbranched alkanes of at least 4 members (excludes halogenated alkanes) is 5. The second kappa shape index (κ2) is 14.0. The van der Waals surface area contributed by atoms with Crippen LogP contribution < -0.4 is 19.8 Å². The van der Waals surface area contributed by atoms with Crippen molar-refractivity contribution in [1.82, 2.24) is 4.57 Å². The van der Waals surface area contributed by atoms with Gasteiger partial charge in [-0.05, 0) is 29.7 Å². The summed E-state index contributed by atoms with van der Waals surface area (Å²) in [7, 11) is 0. The summed E-state index contributed by atoms with van der Waals surface area (Å²) >= 11 is 0. The quantitative estimate of drug-likeness (QED) is 0.126. The number of rotatable bonds is 15. The fourth-order valence-electron chi connectivity index (χ4n) is 4.51. The van der Waals surface area contributed by atoms with Crippen molar-refractivity contribution in [1.29, 1.82) is 0 Å². The van der Waals surface area contributed by atoms with Crippen LogP contribution in [-0.4, -0.2) is 11.0 Å². The third-order valence-corrected chi connectivity index (χ3v) is 6.53. The molecule has 0 bridgehead atoms. The van der Waals surface area contributed by atoms with Crippen molar-refractivity contribution in [2.24, 2.45) is 0 Å². The predicted octanol–water partition coefficient (Wildman–Crippen LogP) is 7.06. The molecule has 0 saturated carbocycles. The zero-order valence-corrected chi connectivity index (χ0v) is 21.9. The molecule has 4 rings (SSSR count). The van der Waals surface area contributed by atoms with Crippen molar-refractivity contribution in [2.45, 2.75) is 65.2 Å². The van der Waals surface area contributed by atoms with Crippen molar-refractivity contribution in [3.63, 3.8) is 0 Å². The van der Waals surface area contributed by atoms with Gasteiger partial charge in [0.15, 0.2) is 5.75 Å². The van der Waals surface area contributed by atoms with Gasteiger partial charge in [0, 0.05) is 18.0 Å². The molecule has 0 aliphatic carbocycles. The van der Waals surface area contributed by atoms with Crippen molar-refractivity contribution >= 4 is 17.4 Å². The lowest BCUT2D eigenvalue weighted by Gasteiger charge is -2.18. The third kappa shape index (κ3) is 7.03. The first-order valence-electron chi connectivity index (χ1n) is 13.4. The Balaban J connectivity index is 1.69. The lowest BCUT2D eigenvalue weighted by molar-refractivity contribution is -0.120. The Labute approximate surface area is 223 Å². The molecule has 198 valence electrons. The topological polar surface area (TPSA) is 66.8 Å². The highest BCUT2D eigenvalue weighted by Crippen LogP contribution is 2.35. The van der Waals surface area contributed by atoms with Crippen LogP contribution in [0.15, 0.2) is 83.7 Å². The van der Waals surface area contributed by atoms with Crippen molar-refractivity contribution in [3.8, 4) is 17.2 Å². The number of nitrogens with zero attached hydrogens (tertiary/aromatic N) is 1. The summed E-state index contributed by atoms with van der Waals surface area (Å²) in [6, 6.07) is 25.2. The maximum atomic E-state index is 13.6. The second-order valence-electron chi connectivity index (χ2n) is 9.32. The van der Waals surface area contributed by atoms with E-state index in [4.69, 9.17) is 14.2 Å². The fraction of sp³-hybridized carbons (Fsp3) is 0.312. The van der Waals surface area contributed by atoms with E-state index in [-0.39, 0.29) is 30.1 Å². The van der Waals surface area contributed by atoms with Gasteiger partial charge in [0.2, 0.25) is 5.75 Å². The van der Waals surface area contributed by atoms with E-state index in [0.29, 0.717) is 29.8 Å². The third-order valence-electron chi connectivity index (χ3n) is 6.53. The zero-order chi connectivity index (χ0) is 26.6. The van der Waals surface area contributed by atoms with Gasteiger partial charge in [-0.3, -0.25) is 9.59 Å². The number of hydrogen-bond donors (Lipinski definition) is 0. The van der Waals surface area contributed by atoms with Crippen LogP contribution in [0.2, 0.25) is 0 Å². The molecule has 0 amide bonds. The van der Waals surface area contributed by atoms with E-state index in [9.17, 15) is 9.59 Å². The molecule has 0 aliphatic rings. The fourth-order valence-corrected chi connectivity index (χ4v) is 4.51. The van der Waals surface area contributed by atoms with Gasteiger partial charge in [-0.25, -0.2) is 0 Å². The first-order chi connectivity index (χ1) is 18.7. The zero-order valence-electron chi connectivity index (χ0n) is 21.9. The average molecular weight is 514 g/mol. The highest BCUT2D eigenvalue weighted by atomic mass is 16.5. The molecule has 6 nitrogen and oxygen atoms in total. The number of benzene rings is 3. The Morgan fingerprint density at radius 3 is 2.03 bits per heavy atom. The van der Waals surface area contributed by atoms with Crippen LogP contribution in [0.5, 0.6) is 17.2 Å². The smallest absolute Gasteiger partial charge is 0.298 e. The molecule has 1 aromatic heterocycles. The van der Waals surface area contributed by atoms with Crippen molar-refractivity contribution in [2.75, 3.05) is 0 Å². The predicted molar refractivity (Wildman–Crippen MR) is 150 cm³/mol. The largest absolute Gasteiger partial charge is 0.489 e. The molecule has 38 heavy (non-hydrogen) atoms. The lowest BCUT2D eigenvalue weighted by atomic mass is 10.1. The van der Waals surface area contributed by atoms with E-state index in [1.165, 1.54) is 19.3 Å². The van der Waals surface area contributed by atoms with Gasteiger partial charge < -0.3 is 18.8 Å². The SMILES string of the molecule is CCCCCCCCn1c(=O)c(OC=O)c(OCc2ccccc2)c2ccc(OCc3ccccc3)cc21.